The summed E-state index contributed by atoms with van der Waals surface area (Å²) in [7, 11) is 2.84. The fourth-order valence-corrected chi connectivity index (χ4v) is 4.87. The van der Waals surface area contributed by atoms with Crippen molar-refractivity contribution in [3.63, 3.8) is 0 Å². The molecule has 27 heavy (non-hydrogen) atoms. The number of fused-ring (bicyclic) bond motifs is 1. The summed E-state index contributed by atoms with van der Waals surface area (Å²) in [4.78, 5) is 9.31. The number of hydrogen-bond acceptors (Lipinski definition) is 3. The van der Waals surface area contributed by atoms with Gasteiger partial charge in [0, 0.05) is 5.92 Å². The van der Waals surface area contributed by atoms with Crippen molar-refractivity contribution in [1.82, 2.24) is 9.97 Å². The predicted molar refractivity (Wildman–Crippen MR) is 114 cm³/mol. The highest BCUT2D eigenvalue weighted by molar-refractivity contribution is 7.16. The molecule has 136 valence electrons. The molecule has 1 heterocycles. The molecule has 2 aliphatic rings. The van der Waals surface area contributed by atoms with Crippen LogP contribution in [0.4, 0.5) is 5.82 Å². The van der Waals surface area contributed by atoms with Gasteiger partial charge in [0.25, 0.3) is 0 Å². The van der Waals surface area contributed by atoms with Crippen LogP contribution >= 0.6 is 9.24 Å². The van der Waals surface area contributed by atoms with E-state index in [1.54, 1.807) is 0 Å². The summed E-state index contributed by atoms with van der Waals surface area (Å²) in [6.45, 7) is 0. The standard InChI is InChI=1S/C23H24N3P/c27-14-16-11-20(16)22-12-25-23(13-24-22)26-21-10-9-18-17(7-4-8-19(18)21)15-5-2-1-3-6-15/h1-8,12-13,16,20-21H,9-11,14,27H2,(H,25,26). The van der Waals surface area contributed by atoms with Crippen LogP contribution < -0.4 is 5.32 Å². The van der Waals surface area contributed by atoms with E-state index in [1.165, 1.54) is 28.7 Å². The van der Waals surface area contributed by atoms with Gasteiger partial charge in [-0.2, -0.15) is 0 Å². The third kappa shape index (κ3) is 3.26. The Bertz CT molecular complexity index is 940. The first-order chi connectivity index (χ1) is 13.3. The number of rotatable bonds is 5. The van der Waals surface area contributed by atoms with Gasteiger partial charge in [0.05, 0.1) is 24.1 Å². The molecule has 3 nitrogen and oxygen atoms in total. The fraction of sp³-hybridized carbons (Fsp3) is 0.304. The van der Waals surface area contributed by atoms with E-state index in [4.69, 9.17) is 0 Å². The minimum atomic E-state index is 0.310. The van der Waals surface area contributed by atoms with Crippen molar-refractivity contribution in [2.24, 2.45) is 5.92 Å². The number of hydrogen-bond donors (Lipinski definition) is 1. The van der Waals surface area contributed by atoms with Crippen LogP contribution in [0.25, 0.3) is 11.1 Å². The normalized spacial score (nSPS) is 23.1. The number of nitrogens with zero attached hydrogens (tertiary/aromatic N) is 2. The molecule has 5 rings (SSSR count). The molecule has 0 saturated heterocycles. The lowest BCUT2D eigenvalue weighted by Gasteiger charge is -2.16. The zero-order valence-electron chi connectivity index (χ0n) is 15.3. The zero-order valence-corrected chi connectivity index (χ0v) is 16.5. The highest BCUT2D eigenvalue weighted by Gasteiger charge is 2.38. The van der Waals surface area contributed by atoms with Crippen molar-refractivity contribution in [2.45, 2.75) is 31.2 Å². The molecule has 1 N–H and O–H groups in total. The average molecular weight is 373 g/mol. The lowest BCUT2D eigenvalue weighted by atomic mass is 9.96. The van der Waals surface area contributed by atoms with E-state index in [-0.39, 0.29) is 0 Å². The maximum atomic E-state index is 4.67. The van der Waals surface area contributed by atoms with Crippen LogP contribution in [0.3, 0.4) is 0 Å². The highest BCUT2D eigenvalue weighted by Crippen LogP contribution is 2.47. The van der Waals surface area contributed by atoms with Gasteiger partial charge in [-0.1, -0.05) is 48.5 Å². The minimum Gasteiger partial charge on any atom is -0.362 e. The smallest absolute Gasteiger partial charge is 0.144 e. The molecule has 4 atom stereocenters. The third-order valence-corrected chi connectivity index (χ3v) is 6.56. The summed E-state index contributed by atoms with van der Waals surface area (Å²) in [5.41, 5.74) is 6.66. The SMILES string of the molecule is PCC1CC1c1cnc(NC2CCc3c(-c4ccccc4)cccc32)cn1. The molecule has 1 aromatic heterocycles. The van der Waals surface area contributed by atoms with Crippen molar-refractivity contribution in [3.05, 3.63) is 77.7 Å². The van der Waals surface area contributed by atoms with E-state index in [2.05, 4.69) is 73.1 Å². The minimum absolute atomic E-state index is 0.310. The Morgan fingerprint density at radius 3 is 2.63 bits per heavy atom. The van der Waals surface area contributed by atoms with Crippen molar-refractivity contribution in [2.75, 3.05) is 11.5 Å². The van der Waals surface area contributed by atoms with Crippen LogP contribution in [0.2, 0.25) is 0 Å². The Labute approximate surface area is 162 Å². The van der Waals surface area contributed by atoms with Gasteiger partial charge in [-0.3, -0.25) is 4.98 Å². The molecule has 1 fully saturated rings. The Kier molecular flexibility index (Phi) is 4.41. The molecule has 0 radical (unpaired) electrons. The molecule has 4 heteroatoms. The first kappa shape index (κ1) is 16.9. The lowest BCUT2D eigenvalue weighted by Crippen LogP contribution is -2.09. The molecule has 2 aromatic carbocycles. The molecule has 0 aliphatic heterocycles. The van der Waals surface area contributed by atoms with Gasteiger partial charge >= 0.3 is 0 Å². The largest absolute Gasteiger partial charge is 0.362 e. The quantitative estimate of drug-likeness (QED) is 0.623. The summed E-state index contributed by atoms with van der Waals surface area (Å²) >= 11 is 0. The average Bonchev–Trinajstić information content (AvgIpc) is 3.42. The Hall–Kier alpha value is -2.25. The molecular formula is C23H24N3P. The van der Waals surface area contributed by atoms with Gasteiger partial charge in [-0.05, 0) is 53.6 Å². The second-order valence-electron chi connectivity index (χ2n) is 7.64. The second-order valence-corrected chi connectivity index (χ2v) is 8.11. The number of benzene rings is 2. The molecule has 0 spiro atoms. The number of nitrogens with one attached hydrogen (secondary N) is 1. The summed E-state index contributed by atoms with van der Waals surface area (Å²) in [5.74, 6) is 2.27. The molecule has 0 bridgehead atoms. The summed E-state index contributed by atoms with van der Waals surface area (Å²) in [5, 5.41) is 3.61. The second kappa shape index (κ2) is 7.05. The van der Waals surface area contributed by atoms with Gasteiger partial charge < -0.3 is 5.32 Å². The lowest BCUT2D eigenvalue weighted by molar-refractivity contribution is 0.754. The van der Waals surface area contributed by atoms with Crippen LogP contribution in [-0.2, 0) is 6.42 Å². The van der Waals surface area contributed by atoms with Crippen LogP contribution in [0.15, 0.2) is 60.9 Å². The molecule has 1 saturated carbocycles. The van der Waals surface area contributed by atoms with Crippen LogP contribution in [0.1, 0.15) is 41.6 Å². The Morgan fingerprint density at radius 2 is 1.89 bits per heavy atom. The van der Waals surface area contributed by atoms with E-state index >= 15 is 0 Å². The highest BCUT2D eigenvalue weighted by atomic mass is 31.0. The topological polar surface area (TPSA) is 37.8 Å². The number of aromatic nitrogens is 2. The van der Waals surface area contributed by atoms with Crippen LogP contribution in [0.5, 0.6) is 0 Å². The molecule has 4 unspecified atom stereocenters. The molecule has 3 aromatic rings. The van der Waals surface area contributed by atoms with Gasteiger partial charge in [0.1, 0.15) is 5.82 Å². The van der Waals surface area contributed by atoms with Crippen molar-refractivity contribution < 1.29 is 0 Å². The maximum absolute atomic E-state index is 4.67. The van der Waals surface area contributed by atoms with E-state index in [9.17, 15) is 0 Å². The van der Waals surface area contributed by atoms with Crippen LogP contribution in [-0.4, -0.2) is 16.1 Å². The fourth-order valence-electron chi connectivity index (χ4n) is 4.35. The van der Waals surface area contributed by atoms with Gasteiger partial charge in [-0.25, -0.2) is 4.98 Å². The predicted octanol–water partition coefficient (Wildman–Crippen LogP) is 5.22. The van der Waals surface area contributed by atoms with Crippen molar-refractivity contribution in [3.8, 4) is 11.1 Å². The van der Waals surface area contributed by atoms with E-state index in [1.807, 2.05) is 12.4 Å². The molecule has 0 amide bonds. The Morgan fingerprint density at radius 1 is 1.00 bits per heavy atom. The summed E-state index contributed by atoms with van der Waals surface area (Å²) < 4.78 is 0. The van der Waals surface area contributed by atoms with E-state index in [0.717, 1.165) is 36.4 Å². The first-order valence-electron chi connectivity index (χ1n) is 9.79. The maximum Gasteiger partial charge on any atom is 0.144 e. The molecular weight excluding hydrogens is 349 g/mol. The summed E-state index contributed by atoms with van der Waals surface area (Å²) in [6.07, 6.45) is 8.48. The number of anilines is 1. The van der Waals surface area contributed by atoms with E-state index < -0.39 is 0 Å². The van der Waals surface area contributed by atoms with Crippen molar-refractivity contribution in [1.29, 1.82) is 0 Å². The Balaban J connectivity index is 1.36. The monoisotopic (exact) mass is 373 g/mol. The summed E-state index contributed by atoms with van der Waals surface area (Å²) in [6, 6.07) is 17.7. The van der Waals surface area contributed by atoms with Gasteiger partial charge in [-0.15, -0.1) is 9.24 Å². The van der Waals surface area contributed by atoms with Gasteiger partial charge in [0.15, 0.2) is 0 Å². The van der Waals surface area contributed by atoms with Crippen molar-refractivity contribution >= 4 is 15.1 Å². The third-order valence-electron chi connectivity index (χ3n) is 5.95. The van der Waals surface area contributed by atoms with Crippen LogP contribution in [0, 0.1) is 5.92 Å². The molecule has 2 aliphatic carbocycles. The zero-order chi connectivity index (χ0) is 18.2. The van der Waals surface area contributed by atoms with Gasteiger partial charge in [0.2, 0.25) is 0 Å². The first-order valence-corrected chi connectivity index (χ1v) is 10.6. The van der Waals surface area contributed by atoms with E-state index in [0.29, 0.717) is 12.0 Å².